The van der Waals surface area contributed by atoms with Crippen LogP contribution in [0.5, 0.6) is 0 Å². The first-order valence-electron chi connectivity index (χ1n) is 7.22. The Balaban J connectivity index is 2.25. The van der Waals surface area contributed by atoms with Gasteiger partial charge >= 0.3 is 0 Å². The number of hydrogen-bond acceptors (Lipinski definition) is 3. The Morgan fingerprint density at radius 1 is 1.10 bits per heavy atom. The largest absolute Gasteiger partial charge is 0.313 e. The number of nitrogens with one attached hydrogen (secondary N) is 1. The van der Waals surface area contributed by atoms with Crippen LogP contribution in [0.3, 0.4) is 0 Å². The predicted molar refractivity (Wildman–Crippen MR) is 88.1 cm³/mol. The summed E-state index contributed by atoms with van der Waals surface area (Å²) < 4.78 is 0. The van der Waals surface area contributed by atoms with Crippen LogP contribution in [0.4, 0.5) is 0 Å². The summed E-state index contributed by atoms with van der Waals surface area (Å²) in [4.78, 5) is 5.60. The molecule has 0 aliphatic rings. The molecule has 2 aromatic rings. The Morgan fingerprint density at radius 2 is 1.75 bits per heavy atom. The summed E-state index contributed by atoms with van der Waals surface area (Å²) >= 11 is 1.71. The van der Waals surface area contributed by atoms with Gasteiger partial charge < -0.3 is 5.32 Å². The lowest BCUT2D eigenvalue weighted by atomic mass is 9.86. The van der Waals surface area contributed by atoms with Crippen LogP contribution in [-0.2, 0) is 0 Å². The smallest absolute Gasteiger partial charge is 0.0801 e. The van der Waals surface area contributed by atoms with Gasteiger partial charge in [0.1, 0.15) is 0 Å². The number of rotatable bonds is 5. The van der Waals surface area contributed by atoms with Crippen LogP contribution in [0.1, 0.15) is 38.1 Å². The second kappa shape index (κ2) is 6.51. The Labute approximate surface area is 126 Å². The second-order valence-corrected chi connectivity index (χ2v) is 6.61. The number of thiazole rings is 1. The van der Waals surface area contributed by atoms with Crippen LogP contribution in [0.15, 0.2) is 29.8 Å². The van der Waals surface area contributed by atoms with Gasteiger partial charge in [-0.15, -0.1) is 11.3 Å². The monoisotopic (exact) mass is 288 g/mol. The van der Waals surface area contributed by atoms with E-state index in [9.17, 15) is 0 Å². The molecule has 108 valence electrons. The molecule has 2 rings (SSSR count). The van der Waals surface area contributed by atoms with E-state index in [0.29, 0.717) is 17.9 Å². The van der Waals surface area contributed by atoms with Crippen molar-refractivity contribution < 1.29 is 0 Å². The van der Waals surface area contributed by atoms with Crippen molar-refractivity contribution >= 4 is 11.3 Å². The third-order valence-electron chi connectivity index (χ3n) is 4.17. The van der Waals surface area contributed by atoms with Crippen molar-refractivity contribution in [1.82, 2.24) is 10.3 Å². The maximum Gasteiger partial charge on any atom is 0.0801 e. The van der Waals surface area contributed by atoms with Gasteiger partial charge in [0, 0.05) is 6.04 Å². The molecule has 1 heterocycles. The number of hydrogen-bond donors (Lipinski definition) is 1. The van der Waals surface area contributed by atoms with Crippen LogP contribution < -0.4 is 5.32 Å². The van der Waals surface area contributed by atoms with Crippen molar-refractivity contribution in [3.05, 3.63) is 41.0 Å². The van der Waals surface area contributed by atoms with Gasteiger partial charge in [-0.3, -0.25) is 0 Å². The minimum Gasteiger partial charge on any atom is -0.313 e. The first-order chi connectivity index (χ1) is 9.54. The summed E-state index contributed by atoms with van der Waals surface area (Å²) in [5.74, 6) is 1.27. The molecule has 2 unspecified atom stereocenters. The van der Waals surface area contributed by atoms with Crippen LogP contribution in [0.2, 0.25) is 0 Å². The molecule has 3 heteroatoms. The molecule has 0 aliphatic heterocycles. The first-order valence-corrected chi connectivity index (χ1v) is 8.10. The molecular weight excluding hydrogens is 264 g/mol. The van der Waals surface area contributed by atoms with Gasteiger partial charge in [-0.1, -0.05) is 45.0 Å². The number of aromatic nitrogens is 1. The molecule has 1 N–H and O–H groups in total. The summed E-state index contributed by atoms with van der Waals surface area (Å²) in [6.45, 7) is 8.94. The highest BCUT2D eigenvalue weighted by Gasteiger charge is 2.20. The predicted octanol–water partition coefficient (Wildman–Crippen LogP) is 4.67. The minimum absolute atomic E-state index is 0.409. The molecule has 0 amide bonds. The van der Waals surface area contributed by atoms with Gasteiger partial charge in [0.25, 0.3) is 0 Å². The maximum atomic E-state index is 4.32. The zero-order valence-electron chi connectivity index (χ0n) is 13.0. The zero-order chi connectivity index (χ0) is 14.7. The molecule has 0 saturated heterocycles. The van der Waals surface area contributed by atoms with Crippen molar-refractivity contribution in [1.29, 1.82) is 0 Å². The van der Waals surface area contributed by atoms with Gasteiger partial charge in [0.15, 0.2) is 0 Å². The van der Waals surface area contributed by atoms with Crippen LogP contribution >= 0.6 is 11.3 Å². The number of nitrogens with zero attached hydrogens (tertiary/aromatic N) is 1. The molecule has 0 saturated carbocycles. The Morgan fingerprint density at radius 3 is 2.20 bits per heavy atom. The molecule has 1 aromatic heterocycles. The van der Waals surface area contributed by atoms with E-state index in [1.165, 1.54) is 16.0 Å². The van der Waals surface area contributed by atoms with E-state index in [-0.39, 0.29) is 0 Å². The van der Waals surface area contributed by atoms with Crippen LogP contribution in [-0.4, -0.2) is 12.0 Å². The van der Waals surface area contributed by atoms with E-state index >= 15 is 0 Å². The van der Waals surface area contributed by atoms with Crippen LogP contribution in [0.25, 0.3) is 10.4 Å². The van der Waals surface area contributed by atoms with Gasteiger partial charge in [0.05, 0.1) is 16.1 Å². The lowest BCUT2D eigenvalue weighted by Gasteiger charge is -2.27. The molecule has 0 bridgehead atoms. The van der Waals surface area contributed by atoms with Gasteiger partial charge in [-0.25, -0.2) is 4.98 Å². The fraction of sp³-hybridized carbons (Fsp3) is 0.471. The third kappa shape index (κ3) is 3.10. The van der Waals surface area contributed by atoms with Gasteiger partial charge in [-0.05, 0) is 36.9 Å². The standard InChI is InChI=1S/C17H24N2S/c1-11(2)12(3)16(18-5)14-6-8-15(9-7-14)17-13(4)19-10-20-17/h6-12,16,18H,1-5H3. The summed E-state index contributed by atoms with van der Waals surface area (Å²) in [5, 5.41) is 3.46. The SMILES string of the molecule is CNC(c1ccc(-c2scnc2C)cc1)C(C)C(C)C. The summed E-state index contributed by atoms with van der Waals surface area (Å²) in [5.41, 5.74) is 5.65. The maximum absolute atomic E-state index is 4.32. The molecule has 0 radical (unpaired) electrons. The van der Waals surface area contributed by atoms with Crippen LogP contribution in [0, 0.1) is 18.8 Å². The molecule has 0 aliphatic carbocycles. The highest BCUT2D eigenvalue weighted by Crippen LogP contribution is 2.31. The molecule has 2 nitrogen and oxygen atoms in total. The molecule has 0 spiro atoms. The van der Waals surface area contributed by atoms with Crippen molar-refractivity contribution in [2.75, 3.05) is 7.05 Å². The summed E-state index contributed by atoms with van der Waals surface area (Å²) in [6, 6.07) is 9.33. The average molecular weight is 288 g/mol. The van der Waals surface area contributed by atoms with E-state index in [0.717, 1.165) is 5.69 Å². The van der Waals surface area contributed by atoms with Crippen molar-refractivity contribution in [3.63, 3.8) is 0 Å². The van der Waals surface area contributed by atoms with Crippen molar-refractivity contribution in [2.45, 2.75) is 33.7 Å². The Bertz CT molecular complexity index is 542. The fourth-order valence-corrected chi connectivity index (χ4v) is 3.35. The van der Waals surface area contributed by atoms with E-state index in [4.69, 9.17) is 0 Å². The quantitative estimate of drug-likeness (QED) is 0.864. The fourth-order valence-electron chi connectivity index (χ4n) is 2.54. The number of benzene rings is 1. The van der Waals surface area contributed by atoms with E-state index < -0.39 is 0 Å². The molecule has 2 atom stereocenters. The van der Waals surface area contributed by atoms with E-state index in [1.54, 1.807) is 11.3 Å². The molecule has 1 aromatic carbocycles. The Kier molecular flexibility index (Phi) is 4.95. The highest BCUT2D eigenvalue weighted by molar-refractivity contribution is 7.13. The third-order valence-corrected chi connectivity index (χ3v) is 5.14. The molecular formula is C17H24N2S. The molecule has 20 heavy (non-hydrogen) atoms. The number of aryl methyl sites for hydroxylation is 1. The van der Waals surface area contributed by atoms with Gasteiger partial charge in [-0.2, -0.15) is 0 Å². The lowest BCUT2D eigenvalue weighted by Crippen LogP contribution is -2.26. The topological polar surface area (TPSA) is 24.9 Å². The minimum atomic E-state index is 0.409. The van der Waals surface area contributed by atoms with Crippen molar-refractivity contribution in [2.24, 2.45) is 11.8 Å². The second-order valence-electron chi connectivity index (χ2n) is 5.76. The lowest BCUT2D eigenvalue weighted by molar-refractivity contribution is 0.317. The molecule has 0 fully saturated rings. The highest BCUT2D eigenvalue weighted by atomic mass is 32.1. The summed E-state index contributed by atoms with van der Waals surface area (Å²) in [6.07, 6.45) is 0. The van der Waals surface area contributed by atoms with E-state index in [1.807, 2.05) is 12.6 Å². The van der Waals surface area contributed by atoms with Crippen molar-refractivity contribution in [3.8, 4) is 10.4 Å². The zero-order valence-corrected chi connectivity index (χ0v) is 13.8. The average Bonchev–Trinajstić information content (AvgIpc) is 2.86. The Hall–Kier alpha value is -1.19. The van der Waals surface area contributed by atoms with E-state index in [2.05, 4.69) is 62.3 Å². The summed E-state index contributed by atoms with van der Waals surface area (Å²) in [7, 11) is 2.05. The van der Waals surface area contributed by atoms with Gasteiger partial charge in [0.2, 0.25) is 0 Å². The normalized spacial score (nSPS) is 14.5. The first kappa shape index (κ1) is 15.2.